The summed E-state index contributed by atoms with van der Waals surface area (Å²) in [7, 11) is 0. The minimum Gasteiger partial charge on any atom is -0.316 e. The van der Waals surface area contributed by atoms with Gasteiger partial charge in [-0.15, -0.1) is 0 Å². The lowest BCUT2D eigenvalue weighted by atomic mass is 9.81. The van der Waals surface area contributed by atoms with Crippen LogP contribution in [0, 0.1) is 18.7 Å². The van der Waals surface area contributed by atoms with Gasteiger partial charge in [-0.1, -0.05) is 19.1 Å². The fourth-order valence-electron chi connectivity index (χ4n) is 2.43. The number of hydrogen-bond acceptors (Lipinski definition) is 1. The zero-order valence-corrected chi connectivity index (χ0v) is 9.39. The smallest absolute Gasteiger partial charge is 0.126 e. The molecule has 0 saturated carbocycles. The zero-order chi connectivity index (χ0) is 10.8. The van der Waals surface area contributed by atoms with E-state index in [2.05, 4.69) is 18.3 Å². The molecule has 1 nitrogen and oxygen atoms in total. The van der Waals surface area contributed by atoms with Gasteiger partial charge in [0, 0.05) is 6.54 Å². The summed E-state index contributed by atoms with van der Waals surface area (Å²) in [6, 6.07) is 5.42. The van der Waals surface area contributed by atoms with E-state index in [4.69, 9.17) is 0 Å². The van der Waals surface area contributed by atoms with Crippen LogP contribution in [-0.2, 0) is 0 Å². The van der Waals surface area contributed by atoms with E-state index in [-0.39, 0.29) is 5.82 Å². The van der Waals surface area contributed by atoms with Crippen molar-refractivity contribution in [3.63, 3.8) is 0 Å². The van der Waals surface area contributed by atoms with E-state index in [0.29, 0.717) is 11.8 Å². The molecule has 1 aromatic rings. The molecule has 82 valence electrons. The topological polar surface area (TPSA) is 12.0 Å². The Morgan fingerprint density at radius 1 is 1.40 bits per heavy atom. The van der Waals surface area contributed by atoms with E-state index in [1.54, 1.807) is 6.07 Å². The van der Waals surface area contributed by atoms with E-state index in [9.17, 15) is 4.39 Å². The molecule has 1 heterocycles. The highest BCUT2D eigenvalue weighted by atomic mass is 19.1. The molecule has 1 N–H and O–H groups in total. The van der Waals surface area contributed by atoms with Gasteiger partial charge >= 0.3 is 0 Å². The Bertz CT molecular complexity index is 348. The van der Waals surface area contributed by atoms with E-state index >= 15 is 0 Å². The normalized spacial score (nSPS) is 26.6. The second kappa shape index (κ2) is 4.31. The van der Waals surface area contributed by atoms with Gasteiger partial charge in [-0.2, -0.15) is 0 Å². The maximum atomic E-state index is 13.4. The molecule has 0 aliphatic carbocycles. The molecule has 1 aromatic carbocycles. The largest absolute Gasteiger partial charge is 0.316 e. The Kier molecular flexibility index (Phi) is 3.06. The number of rotatable bonds is 1. The quantitative estimate of drug-likeness (QED) is 0.746. The lowest BCUT2D eigenvalue weighted by Gasteiger charge is -2.31. The highest BCUT2D eigenvalue weighted by molar-refractivity contribution is 5.31. The Labute approximate surface area is 90.7 Å². The van der Waals surface area contributed by atoms with Crippen molar-refractivity contribution in [2.75, 3.05) is 13.1 Å². The first-order valence-corrected chi connectivity index (χ1v) is 5.66. The average Bonchev–Trinajstić information content (AvgIpc) is 2.23. The Balaban J connectivity index is 2.31. The van der Waals surface area contributed by atoms with Crippen molar-refractivity contribution >= 4 is 0 Å². The van der Waals surface area contributed by atoms with Crippen LogP contribution in [0.25, 0.3) is 0 Å². The summed E-state index contributed by atoms with van der Waals surface area (Å²) in [6.45, 7) is 6.21. The number of halogens is 1. The van der Waals surface area contributed by atoms with Gasteiger partial charge in [-0.3, -0.25) is 0 Å². The first-order valence-electron chi connectivity index (χ1n) is 5.66. The molecule has 15 heavy (non-hydrogen) atoms. The van der Waals surface area contributed by atoms with Crippen molar-refractivity contribution in [1.82, 2.24) is 5.32 Å². The average molecular weight is 207 g/mol. The fraction of sp³-hybridized carbons (Fsp3) is 0.538. The molecule has 2 unspecified atom stereocenters. The summed E-state index contributed by atoms with van der Waals surface area (Å²) < 4.78 is 13.4. The highest BCUT2D eigenvalue weighted by Crippen LogP contribution is 2.31. The van der Waals surface area contributed by atoms with Gasteiger partial charge in [-0.05, 0) is 48.9 Å². The number of hydrogen-bond donors (Lipinski definition) is 1. The summed E-state index contributed by atoms with van der Waals surface area (Å²) in [6.07, 6.45) is 1.18. The van der Waals surface area contributed by atoms with Gasteiger partial charge < -0.3 is 5.32 Å². The number of nitrogens with one attached hydrogen (secondary N) is 1. The van der Waals surface area contributed by atoms with Crippen molar-refractivity contribution in [3.8, 4) is 0 Å². The molecule has 1 aliphatic rings. The lowest BCUT2D eigenvalue weighted by Crippen LogP contribution is -2.34. The minimum atomic E-state index is -0.0785. The molecule has 0 bridgehead atoms. The first kappa shape index (κ1) is 10.6. The maximum absolute atomic E-state index is 13.4. The van der Waals surface area contributed by atoms with Crippen LogP contribution in [0.5, 0.6) is 0 Å². The molecular weight excluding hydrogens is 189 g/mol. The highest BCUT2D eigenvalue weighted by Gasteiger charge is 2.24. The third-order valence-corrected chi connectivity index (χ3v) is 3.54. The minimum absolute atomic E-state index is 0.0785. The summed E-state index contributed by atoms with van der Waals surface area (Å²) in [5, 5.41) is 3.39. The van der Waals surface area contributed by atoms with Crippen LogP contribution >= 0.6 is 0 Å². The second-order valence-electron chi connectivity index (χ2n) is 4.53. The van der Waals surface area contributed by atoms with Crippen LogP contribution < -0.4 is 5.32 Å². The fourth-order valence-corrected chi connectivity index (χ4v) is 2.43. The molecule has 1 aliphatic heterocycles. The molecule has 0 amide bonds. The molecule has 2 atom stereocenters. The van der Waals surface area contributed by atoms with Crippen molar-refractivity contribution in [3.05, 3.63) is 35.1 Å². The van der Waals surface area contributed by atoms with E-state index in [1.807, 2.05) is 13.0 Å². The van der Waals surface area contributed by atoms with Crippen molar-refractivity contribution in [2.24, 2.45) is 5.92 Å². The van der Waals surface area contributed by atoms with Gasteiger partial charge in [0.2, 0.25) is 0 Å². The van der Waals surface area contributed by atoms with Crippen LogP contribution in [0.3, 0.4) is 0 Å². The predicted molar refractivity (Wildman–Crippen MR) is 60.5 cm³/mol. The Morgan fingerprint density at radius 2 is 2.20 bits per heavy atom. The van der Waals surface area contributed by atoms with Crippen LogP contribution in [0.15, 0.2) is 18.2 Å². The third-order valence-electron chi connectivity index (χ3n) is 3.54. The Hall–Kier alpha value is -0.890. The SMILES string of the molecule is Cc1c(F)cccc1C1CNCCC1C. The van der Waals surface area contributed by atoms with E-state index in [0.717, 1.165) is 18.7 Å². The van der Waals surface area contributed by atoms with E-state index < -0.39 is 0 Å². The van der Waals surface area contributed by atoms with E-state index in [1.165, 1.54) is 12.0 Å². The zero-order valence-electron chi connectivity index (χ0n) is 9.39. The van der Waals surface area contributed by atoms with Gasteiger partial charge in [0.15, 0.2) is 0 Å². The van der Waals surface area contributed by atoms with Crippen LogP contribution in [-0.4, -0.2) is 13.1 Å². The molecule has 0 radical (unpaired) electrons. The molecule has 0 spiro atoms. The van der Waals surface area contributed by atoms with Crippen LogP contribution in [0.2, 0.25) is 0 Å². The summed E-state index contributed by atoms with van der Waals surface area (Å²) in [5.74, 6) is 1.03. The maximum Gasteiger partial charge on any atom is 0.126 e. The van der Waals surface area contributed by atoms with Gasteiger partial charge in [0.1, 0.15) is 5.82 Å². The summed E-state index contributed by atoms with van der Waals surface area (Å²) in [5.41, 5.74) is 1.99. The van der Waals surface area contributed by atoms with Crippen molar-refractivity contribution in [1.29, 1.82) is 0 Å². The van der Waals surface area contributed by atoms with Gasteiger partial charge in [0.25, 0.3) is 0 Å². The molecule has 0 aromatic heterocycles. The third kappa shape index (κ3) is 2.05. The molecule has 2 heteroatoms. The van der Waals surface area contributed by atoms with Gasteiger partial charge in [-0.25, -0.2) is 4.39 Å². The second-order valence-corrected chi connectivity index (χ2v) is 4.53. The van der Waals surface area contributed by atoms with Crippen LogP contribution in [0.1, 0.15) is 30.4 Å². The molecule has 1 saturated heterocycles. The van der Waals surface area contributed by atoms with Crippen molar-refractivity contribution in [2.45, 2.75) is 26.2 Å². The van der Waals surface area contributed by atoms with Gasteiger partial charge in [0.05, 0.1) is 0 Å². The molecular formula is C13H18FN. The molecule has 1 fully saturated rings. The molecule has 2 rings (SSSR count). The monoisotopic (exact) mass is 207 g/mol. The summed E-state index contributed by atoms with van der Waals surface area (Å²) in [4.78, 5) is 0. The number of piperidine rings is 1. The summed E-state index contributed by atoms with van der Waals surface area (Å²) >= 11 is 0. The lowest BCUT2D eigenvalue weighted by molar-refractivity contribution is 0.346. The Morgan fingerprint density at radius 3 is 2.93 bits per heavy atom. The predicted octanol–water partition coefficient (Wildman–Crippen LogP) is 2.85. The standard InChI is InChI=1S/C13H18FN/c1-9-6-7-15-8-12(9)11-4-3-5-13(14)10(11)2/h3-5,9,12,15H,6-8H2,1-2H3. The van der Waals surface area contributed by atoms with Crippen molar-refractivity contribution < 1.29 is 4.39 Å². The first-order chi connectivity index (χ1) is 7.20. The van der Waals surface area contributed by atoms with Crippen LogP contribution in [0.4, 0.5) is 4.39 Å². The number of benzene rings is 1.